The van der Waals surface area contributed by atoms with Gasteiger partial charge in [-0.05, 0) is 74.7 Å². The fourth-order valence-electron chi connectivity index (χ4n) is 2.59. The molecule has 0 fully saturated rings. The van der Waals surface area contributed by atoms with Crippen LogP contribution in [0.1, 0.15) is 23.6 Å². The fraction of sp³-hybridized carbons (Fsp3) is 0.350. The summed E-state index contributed by atoms with van der Waals surface area (Å²) in [7, 11) is -2.39. The van der Waals surface area contributed by atoms with Crippen molar-refractivity contribution in [3.05, 3.63) is 53.1 Å². The number of benzene rings is 2. The summed E-state index contributed by atoms with van der Waals surface area (Å²) in [6.07, 6.45) is 0. The lowest BCUT2D eigenvalue weighted by atomic mass is 10.1. The van der Waals surface area contributed by atoms with Crippen molar-refractivity contribution in [1.29, 1.82) is 0 Å². The van der Waals surface area contributed by atoms with Gasteiger partial charge in [0.15, 0.2) is 0 Å². The van der Waals surface area contributed by atoms with Gasteiger partial charge in [-0.15, -0.1) is 0 Å². The maximum atomic E-state index is 12.7. The largest absolute Gasteiger partial charge is 0.494 e. The second-order valence-electron chi connectivity index (χ2n) is 6.47. The Kier molecular flexibility index (Phi) is 6.62. The molecule has 6 nitrogen and oxygen atoms in total. The molecule has 0 radical (unpaired) electrons. The van der Waals surface area contributed by atoms with Crippen molar-refractivity contribution < 1.29 is 17.9 Å². The summed E-state index contributed by atoms with van der Waals surface area (Å²) in [5.41, 5.74) is 3.55. The lowest BCUT2D eigenvalue weighted by molar-refractivity contribution is -0.116. The van der Waals surface area contributed by atoms with Crippen LogP contribution in [-0.4, -0.2) is 38.8 Å². The van der Waals surface area contributed by atoms with Crippen molar-refractivity contribution in [3.63, 3.8) is 0 Å². The Bertz CT molecular complexity index is 939. The van der Waals surface area contributed by atoms with E-state index in [4.69, 9.17) is 4.74 Å². The first-order valence-electron chi connectivity index (χ1n) is 8.72. The van der Waals surface area contributed by atoms with Crippen molar-refractivity contribution in [2.75, 3.05) is 25.5 Å². The van der Waals surface area contributed by atoms with Crippen LogP contribution in [0.25, 0.3) is 0 Å². The Labute approximate surface area is 161 Å². The highest BCUT2D eigenvalue weighted by Gasteiger charge is 2.23. The number of carbonyl (C=O) groups excluding carboxylic acids is 1. The highest BCUT2D eigenvalue weighted by molar-refractivity contribution is 7.89. The smallest absolute Gasteiger partial charge is 0.243 e. The van der Waals surface area contributed by atoms with Crippen LogP contribution >= 0.6 is 0 Å². The molecule has 0 atom stereocenters. The Morgan fingerprint density at radius 2 is 1.74 bits per heavy atom. The molecule has 0 aliphatic rings. The van der Waals surface area contributed by atoms with Crippen LogP contribution < -0.4 is 10.1 Å². The fourth-order valence-corrected chi connectivity index (χ4v) is 3.80. The number of hydrogen-bond acceptors (Lipinski definition) is 4. The first-order chi connectivity index (χ1) is 12.6. The number of carbonyl (C=O) groups is 1. The molecule has 2 aromatic carbocycles. The van der Waals surface area contributed by atoms with Crippen molar-refractivity contribution in [1.82, 2.24) is 4.31 Å². The number of sulfonamides is 1. The standard InChI is InChI=1S/C20H26N2O4S/c1-6-26-19-10-9-18(12-16(19)4)27(24,25)22(5)13-20(23)21-17-8-7-14(2)15(3)11-17/h7-12H,6,13H2,1-5H3,(H,21,23). The van der Waals surface area contributed by atoms with Gasteiger partial charge >= 0.3 is 0 Å². The lowest BCUT2D eigenvalue weighted by Gasteiger charge is -2.18. The molecule has 2 aromatic rings. The normalized spacial score (nSPS) is 11.5. The lowest BCUT2D eigenvalue weighted by Crippen LogP contribution is -2.35. The third-order valence-corrected chi connectivity index (χ3v) is 6.11. The van der Waals surface area contributed by atoms with E-state index in [1.54, 1.807) is 25.1 Å². The number of nitrogens with one attached hydrogen (secondary N) is 1. The van der Waals surface area contributed by atoms with Gasteiger partial charge in [0, 0.05) is 12.7 Å². The van der Waals surface area contributed by atoms with Gasteiger partial charge in [0.1, 0.15) is 5.75 Å². The molecule has 0 aromatic heterocycles. The van der Waals surface area contributed by atoms with E-state index < -0.39 is 15.9 Å². The van der Waals surface area contributed by atoms with E-state index in [1.807, 2.05) is 32.9 Å². The molecule has 0 heterocycles. The maximum Gasteiger partial charge on any atom is 0.243 e. The SMILES string of the molecule is CCOc1ccc(S(=O)(=O)N(C)CC(=O)Nc2ccc(C)c(C)c2)cc1C. The Balaban J connectivity index is 2.11. The summed E-state index contributed by atoms with van der Waals surface area (Å²) in [5.74, 6) is 0.249. The number of anilines is 1. The summed E-state index contributed by atoms with van der Waals surface area (Å²) >= 11 is 0. The molecule has 2 rings (SSSR count). The van der Waals surface area contributed by atoms with E-state index in [0.717, 1.165) is 21.0 Å². The molecule has 0 bridgehead atoms. The molecular formula is C20H26N2O4S. The second kappa shape index (κ2) is 8.54. The van der Waals surface area contributed by atoms with E-state index in [-0.39, 0.29) is 11.4 Å². The van der Waals surface area contributed by atoms with E-state index in [0.29, 0.717) is 18.0 Å². The summed E-state index contributed by atoms with van der Waals surface area (Å²) < 4.78 is 32.0. The molecule has 146 valence electrons. The summed E-state index contributed by atoms with van der Waals surface area (Å²) in [6.45, 7) is 7.82. The number of hydrogen-bond donors (Lipinski definition) is 1. The molecule has 0 aliphatic heterocycles. The van der Waals surface area contributed by atoms with Crippen molar-refractivity contribution in [2.24, 2.45) is 0 Å². The molecule has 0 saturated heterocycles. The molecule has 27 heavy (non-hydrogen) atoms. The van der Waals surface area contributed by atoms with Crippen LogP contribution in [0.2, 0.25) is 0 Å². The van der Waals surface area contributed by atoms with Crippen LogP contribution in [0.5, 0.6) is 5.75 Å². The topological polar surface area (TPSA) is 75.7 Å². The summed E-state index contributed by atoms with van der Waals surface area (Å²) in [5, 5.41) is 2.74. The zero-order chi connectivity index (χ0) is 20.2. The third kappa shape index (κ3) is 5.08. The van der Waals surface area contributed by atoms with Crippen LogP contribution in [-0.2, 0) is 14.8 Å². The summed E-state index contributed by atoms with van der Waals surface area (Å²) in [6, 6.07) is 10.2. The molecule has 1 N–H and O–H groups in total. The average Bonchev–Trinajstić information content (AvgIpc) is 2.59. The predicted octanol–water partition coefficient (Wildman–Crippen LogP) is 3.27. The first kappa shape index (κ1) is 20.9. The number of amides is 1. The van der Waals surface area contributed by atoms with E-state index in [1.165, 1.54) is 13.1 Å². The van der Waals surface area contributed by atoms with Crippen LogP contribution in [0.3, 0.4) is 0 Å². The summed E-state index contributed by atoms with van der Waals surface area (Å²) in [4.78, 5) is 12.4. The Morgan fingerprint density at radius 1 is 1.04 bits per heavy atom. The van der Waals surface area contributed by atoms with Crippen LogP contribution in [0, 0.1) is 20.8 Å². The Morgan fingerprint density at radius 3 is 2.33 bits per heavy atom. The van der Waals surface area contributed by atoms with Crippen molar-refractivity contribution in [3.8, 4) is 5.75 Å². The van der Waals surface area contributed by atoms with Crippen molar-refractivity contribution in [2.45, 2.75) is 32.6 Å². The molecule has 1 amide bonds. The van der Waals surface area contributed by atoms with Gasteiger partial charge in [0.2, 0.25) is 15.9 Å². The first-order valence-corrected chi connectivity index (χ1v) is 10.2. The minimum absolute atomic E-state index is 0.130. The van der Waals surface area contributed by atoms with E-state index in [9.17, 15) is 13.2 Å². The second-order valence-corrected chi connectivity index (χ2v) is 8.51. The van der Waals surface area contributed by atoms with Gasteiger partial charge in [-0.25, -0.2) is 8.42 Å². The predicted molar refractivity (Wildman–Crippen MR) is 107 cm³/mol. The molecule has 7 heteroatoms. The number of aryl methyl sites for hydroxylation is 3. The highest BCUT2D eigenvalue weighted by atomic mass is 32.2. The minimum atomic E-state index is -3.78. The van der Waals surface area contributed by atoms with Crippen molar-refractivity contribution >= 4 is 21.6 Å². The monoisotopic (exact) mass is 390 g/mol. The molecule has 0 aliphatic carbocycles. The Hall–Kier alpha value is -2.38. The van der Waals surface area contributed by atoms with Gasteiger partial charge in [-0.3, -0.25) is 4.79 Å². The molecule has 0 unspecified atom stereocenters. The quantitative estimate of drug-likeness (QED) is 0.787. The molecule has 0 spiro atoms. The van der Waals surface area contributed by atoms with E-state index in [2.05, 4.69) is 5.32 Å². The van der Waals surface area contributed by atoms with Gasteiger partial charge < -0.3 is 10.1 Å². The number of nitrogens with zero attached hydrogens (tertiary/aromatic N) is 1. The van der Waals surface area contributed by atoms with Gasteiger partial charge in [0.05, 0.1) is 18.0 Å². The number of ether oxygens (including phenoxy) is 1. The van der Waals surface area contributed by atoms with Gasteiger partial charge in [-0.2, -0.15) is 4.31 Å². The van der Waals surface area contributed by atoms with E-state index >= 15 is 0 Å². The minimum Gasteiger partial charge on any atom is -0.494 e. The van der Waals surface area contributed by atoms with Crippen LogP contribution in [0.15, 0.2) is 41.3 Å². The number of likely N-dealkylation sites (N-methyl/N-ethyl adjacent to an activating group) is 1. The molecular weight excluding hydrogens is 364 g/mol. The average molecular weight is 391 g/mol. The third-order valence-electron chi connectivity index (χ3n) is 4.31. The van der Waals surface area contributed by atoms with Gasteiger partial charge in [0.25, 0.3) is 0 Å². The maximum absolute atomic E-state index is 12.7. The number of rotatable bonds is 7. The molecule has 0 saturated carbocycles. The zero-order valence-corrected chi connectivity index (χ0v) is 17.2. The van der Waals surface area contributed by atoms with Gasteiger partial charge in [-0.1, -0.05) is 6.07 Å². The van der Waals surface area contributed by atoms with Crippen LogP contribution in [0.4, 0.5) is 5.69 Å². The highest BCUT2D eigenvalue weighted by Crippen LogP contribution is 2.23. The zero-order valence-electron chi connectivity index (χ0n) is 16.4.